The Bertz CT molecular complexity index is 609. The van der Waals surface area contributed by atoms with Crippen LogP contribution in [0.5, 0.6) is 0 Å². The van der Waals surface area contributed by atoms with Crippen molar-refractivity contribution in [2.24, 2.45) is 0 Å². The Balaban J connectivity index is 2.74. The fourth-order valence-corrected chi connectivity index (χ4v) is 4.29. The fraction of sp³-hybridized carbons (Fsp3) is 0.417. The van der Waals surface area contributed by atoms with E-state index in [-0.39, 0.29) is 4.90 Å². The van der Waals surface area contributed by atoms with Crippen LogP contribution in [0.25, 0.3) is 0 Å². The first-order chi connectivity index (χ1) is 8.26. The minimum Gasteiger partial charge on any atom is -0.480 e. The molecule has 0 amide bonds. The average molecular weight is 269 g/mol. The molecule has 1 aromatic carbocycles. The number of fused-ring (bicyclic) bond motifs is 1. The molecule has 5 nitrogen and oxygen atoms in total. The smallest absolute Gasteiger partial charge is 0.324 e. The quantitative estimate of drug-likeness (QED) is 0.825. The van der Waals surface area contributed by atoms with Crippen molar-refractivity contribution in [2.45, 2.75) is 30.0 Å². The molecule has 2 atom stereocenters. The highest BCUT2D eigenvalue weighted by molar-refractivity contribution is 7.93. The SMILES string of the molecule is Cc1ccc2c(c1)N(C)C(C)C(C(=O)O)S2(=O)=O. The van der Waals surface area contributed by atoms with Crippen molar-refractivity contribution in [2.75, 3.05) is 11.9 Å². The van der Waals surface area contributed by atoms with E-state index in [1.54, 1.807) is 31.0 Å². The lowest BCUT2D eigenvalue weighted by molar-refractivity contribution is -0.136. The van der Waals surface area contributed by atoms with Crippen molar-refractivity contribution in [1.29, 1.82) is 0 Å². The van der Waals surface area contributed by atoms with E-state index in [1.807, 2.05) is 6.92 Å². The standard InChI is InChI=1S/C12H15NO4S/c1-7-4-5-10-9(6-7)13(3)8(2)11(12(14)15)18(10,16)17/h4-6,8,11H,1-3H3,(H,14,15). The lowest BCUT2D eigenvalue weighted by atomic mass is 10.1. The molecule has 0 spiro atoms. The van der Waals surface area contributed by atoms with E-state index in [0.717, 1.165) is 5.56 Å². The molecule has 1 aliphatic heterocycles. The first-order valence-corrected chi connectivity index (χ1v) is 7.11. The molecule has 6 heteroatoms. The molecule has 0 bridgehead atoms. The highest BCUT2D eigenvalue weighted by Gasteiger charge is 2.46. The zero-order valence-corrected chi connectivity index (χ0v) is 11.2. The number of benzene rings is 1. The summed E-state index contributed by atoms with van der Waals surface area (Å²) in [5.74, 6) is -1.31. The van der Waals surface area contributed by atoms with E-state index in [4.69, 9.17) is 5.11 Å². The lowest BCUT2D eigenvalue weighted by Crippen LogP contribution is -2.51. The second-order valence-corrected chi connectivity index (χ2v) is 6.66. The molecule has 1 heterocycles. The normalized spacial score (nSPS) is 25.6. The molecule has 1 aliphatic rings. The van der Waals surface area contributed by atoms with Gasteiger partial charge in [-0.15, -0.1) is 0 Å². The maximum absolute atomic E-state index is 12.3. The molecule has 98 valence electrons. The fourth-order valence-electron chi connectivity index (χ4n) is 2.30. The van der Waals surface area contributed by atoms with Gasteiger partial charge in [-0.25, -0.2) is 8.42 Å². The van der Waals surface area contributed by atoms with Gasteiger partial charge in [0, 0.05) is 7.05 Å². The Morgan fingerprint density at radius 2 is 2.00 bits per heavy atom. The Labute approximate surface area is 106 Å². The van der Waals surface area contributed by atoms with Gasteiger partial charge < -0.3 is 10.0 Å². The zero-order chi connectivity index (χ0) is 13.7. The van der Waals surface area contributed by atoms with Crippen LogP contribution in [0.3, 0.4) is 0 Å². The number of hydrogen-bond acceptors (Lipinski definition) is 4. The molecule has 0 aliphatic carbocycles. The summed E-state index contributed by atoms with van der Waals surface area (Å²) in [5, 5.41) is 7.72. The molecule has 1 aromatic rings. The second-order valence-electron chi connectivity index (χ2n) is 4.63. The Kier molecular flexibility index (Phi) is 2.85. The Morgan fingerprint density at radius 3 is 2.56 bits per heavy atom. The van der Waals surface area contributed by atoms with E-state index < -0.39 is 27.1 Å². The highest BCUT2D eigenvalue weighted by atomic mass is 32.2. The second kappa shape index (κ2) is 3.98. The van der Waals surface area contributed by atoms with Gasteiger partial charge >= 0.3 is 5.97 Å². The molecular weight excluding hydrogens is 254 g/mol. The number of aryl methyl sites for hydroxylation is 1. The first-order valence-electron chi connectivity index (χ1n) is 5.57. The first kappa shape index (κ1) is 12.9. The summed E-state index contributed by atoms with van der Waals surface area (Å²) in [7, 11) is -2.11. The summed E-state index contributed by atoms with van der Waals surface area (Å²) in [6.45, 7) is 3.48. The third kappa shape index (κ3) is 1.68. The van der Waals surface area contributed by atoms with Gasteiger partial charge in [0.1, 0.15) is 0 Å². The minimum atomic E-state index is -3.82. The van der Waals surface area contributed by atoms with Crippen molar-refractivity contribution in [1.82, 2.24) is 0 Å². The van der Waals surface area contributed by atoms with Crippen molar-refractivity contribution in [3.63, 3.8) is 0 Å². The summed E-state index contributed by atoms with van der Waals surface area (Å²) in [6.07, 6.45) is 0. The van der Waals surface area contributed by atoms with Crippen molar-refractivity contribution in [3.8, 4) is 0 Å². The van der Waals surface area contributed by atoms with Crippen LogP contribution in [-0.4, -0.2) is 37.8 Å². The molecule has 0 saturated carbocycles. The van der Waals surface area contributed by atoms with Crippen LogP contribution in [0.2, 0.25) is 0 Å². The molecule has 0 fully saturated rings. The number of nitrogens with zero attached hydrogens (tertiary/aromatic N) is 1. The number of anilines is 1. The molecule has 0 aromatic heterocycles. The van der Waals surface area contributed by atoms with Crippen LogP contribution >= 0.6 is 0 Å². The number of aliphatic carboxylic acids is 1. The molecule has 0 saturated heterocycles. The molecule has 0 radical (unpaired) electrons. The predicted octanol–water partition coefficient (Wildman–Crippen LogP) is 1.06. The monoisotopic (exact) mass is 269 g/mol. The average Bonchev–Trinajstić information content (AvgIpc) is 2.25. The van der Waals surface area contributed by atoms with Crippen LogP contribution in [0.4, 0.5) is 5.69 Å². The van der Waals surface area contributed by atoms with Gasteiger partial charge in [0.15, 0.2) is 15.1 Å². The van der Waals surface area contributed by atoms with Crippen LogP contribution in [0, 0.1) is 6.92 Å². The van der Waals surface area contributed by atoms with Gasteiger partial charge in [0.05, 0.1) is 16.6 Å². The van der Waals surface area contributed by atoms with Crippen LogP contribution in [0.1, 0.15) is 12.5 Å². The number of carboxylic acids is 1. The van der Waals surface area contributed by atoms with E-state index in [9.17, 15) is 13.2 Å². The van der Waals surface area contributed by atoms with Crippen LogP contribution in [-0.2, 0) is 14.6 Å². The van der Waals surface area contributed by atoms with Crippen LogP contribution < -0.4 is 4.90 Å². The van der Waals surface area contributed by atoms with Gasteiger partial charge in [0.2, 0.25) is 0 Å². The maximum atomic E-state index is 12.3. The molecule has 1 N–H and O–H groups in total. The summed E-state index contributed by atoms with van der Waals surface area (Å²) in [5.41, 5.74) is 1.51. The highest BCUT2D eigenvalue weighted by Crippen LogP contribution is 2.36. The summed E-state index contributed by atoms with van der Waals surface area (Å²) in [6, 6.07) is 4.33. The van der Waals surface area contributed by atoms with Crippen molar-refractivity contribution >= 4 is 21.5 Å². The third-order valence-corrected chi connectivity index (χ3v) is 5.65. The zero-order valence-electron chi connectivity index (χ0n) is 10.4. The van der Waals surface area contributed by atoms with Crippen molar-refractivity contribution < 1.29 is 18.3 Å². The van der Waals surface area contributed by atoms with E-state index >= 15 is 0 Å². The van der Waals surface area contributed by atoms with Gasteiger partial charge in [-0.05, 0) is 31.5 Å². The van der Waals surface area contributed by atoms with E-state index in [2.05, 4.69) is 0 Å². The van der Waals surface area contributed by atoms with E-state index in [1.165, 1.54) is 6.07 Å². The topological polar surface area (TPSA) is 74.7 Å². The summed E-state index contributed by atoms with van der Waals surface area (Å²) >= 11 is 0. The number of carbonyl (C=O) groups is 1. The Hall–Kier alpha value is -1.56. The predicted molar refractivity (Wildman–Crippen MR) is 67.7 cm³/mol. The molecule has 2 rings (SSSR count). The molecular formula is C12H15NO4S. The molecule has 18 heavy (non-hydrogen) atoms. The third-order valence-electron chi connectivity index (χ3n) is 3.43. The van der Waals surface area contributed by atoms with Gasteiger partial charge in [-0.3, -0.25) is 4.79 Å². The van der Waals surface area contributed by atoms with Gasteiger partial charge in [0.25, 0.3) is 0 Å². The maximum Gasteiger partial charge on any atom is 0.324 e. The number of carboxylic acid groups (broad SMARTS) is 1. The lowest BCUT2D eigenvalue weighted by Gasteiger charge is -2.37. The van der Waals surface area contributed by atoms with Crippen molar-refractivity contribution in [3.05, 3.63) is 23.8 Å². The molecule has 2 unspecified atom stereocenters. The number of sulfone groups is 1. The minimum absolute atomic E-state index is 0.0982. The van der Waals surface area contributed by atoms with Gasteiger partial charge in [-0.2, -0.15) is 0 Å². The largest absolute Gasteiger partial charge is 0.480 e. The van der Waals surface area contributed by atoms with Gasteiger partial charge in [-0.1, -0.05) is 6.07 Å². The van der Waals surface area contributed by atoms with E-state index in [0.29, 0.717) is 5.69 Å². The summed E-state index contributed by atoms with van der Waals surface area (Å²) < 4.78 is 24.6. The summed E-state index contributed by atoms with van der Waals surface area (Å²) in [4.78, 5) is 13.0. The number of rotatable bonds is 1. The van der Waals surface area contributed by atoms with Crippen LogP contribution in [0.15, 0.2) is 23.1 Å². The Morgan fingerprint density at radius 1 is 1.39 bits per heavy atom. The number of hydrogen-bond donors (Lipinski definition) is 1.